The fourth-order valence-corrected chi connectivity index (χ4v) is 1.63. The number of benzene rings is 1. The molecule has 0 fully saturated rings. The standard InChI is InChI=1S/C15H17N3/c16-11-7-2-1-4-8-14-12-17-18(13-14)15-9-5-3-6-10-15/h3,5-6,9-10,12-13H,1-2,7,11,16H2. The van der Waals surface area contributed by atoms with E-state index in [0.717, 1.165) is 37.1 Å². The molecule has 0 atom stereocenters. The maximum absolute atomic E-state index is 5.43. The molecule has 0 radical (unpaired) electrons. The van der Waals surface area contributed by atoms with Crippen LogP contribution in [0.5, 0.6) is 0 Å². The second kappa shape index (κ2) is 6.63. The van der Waals surface area contributed by atoms with E-state index in [4.69, 9.17) is 5.73 Å². The van der Waals surface area contributed by atoms with Crippen LogP contribution in [0, 0.1) is 11.8 Å². The normalized spacial score (nSPS) is 9.83. The second-order valence-electron chi connectivity index (χ2n) is 4.06. The number of rotatable bonds is 4. The van der Waals surface area contributed by atoms with Gasteiger partial charge < -0.3 is 5.73 Å². The summed E-state index contributed by atoms with van der Waals surface area (Å²) >= 11 is 0. The number of para-hydroxylation sites is 1. The van der Waals surface area contributed by atoms with E-state index in [1.54, 1.807) is 6.20 Å². The Balaban J connectivity index is 1.98. The van der Waals surface area contributed by atoms with Crippen LogP contribution >= 0.6 is 0 Å². The molecule has 0 unspecified atom stereocenters. The van der Waals surface area contributed by atoms with Gasteiger partial charge in [-0.15, -0.1) is 0 Å². The summed E-state index contributed by atoms with van der Waals surface area (Å²) in [5.41, 5.74) is 7.43. The van der Waals surface area contributed by atoms with Gasteiger partial charge in [-0.05, 0) is 31.5 Å². The van der Waals surface area contributed by atoms with Gasteiger partial charge in [0.05, 0.1) is 17.4 Å². The summed E-state index contributed by atoms with van der Waals surface area (Å²) in [7, 11) is 0. The highest BCUT2D eigenvalue weighted by atomic mass is 15.3. The lowest BCUT2D eigenvalue weighted by molar-refractivity contribution is 0.768. The summed E-state index contributed by atoms with van der Waals surface area (Å²) < 4.78 is 1.84. The molecule has 0 aliphatic heterocycles. The Morgan fingerprint density at radius 1 is 1.17 bits per heavy atom. The first-order chi connectivity index (χ1) is 8.90. The van der Waals surface area contributed by atoms with Crippen LogP contribution in [0.25, 0.3) is 5.69 Å². The molecule has 2 rings (SSSR count). The van der Waals surface area contributed by atoms with Crippen LogP contribution in [-0.4, -0.2) is 16.3 Å². The van der Waals surface area contributed by atoms with Crippen LogP contribution in [0.1, 0.15) is 24.8 Å². The summed E-state index contributed by atoms with van der Waals surface area (Å²) in [5.74, 6) is 6.26. The van der Waals surface area contributed by atoms with E-state index in [-0.39, 0.29) is 0 Å². The van der Waals surface area contributed by atoms with Gasteiger partial charge in [0.25, 0.3) is 0 Å². The Bertz CT molecular complexity index is 532. The molecular weight excluding hydrogens is 222 g/mol. The minimum atomic E-state index is 0.744. The van der Waals surface area contributed by atoms with E-state index in [0.29, 0.717) is 0 Å². The fourth-order valence-electron chi connectivity index (χ4n) is 1.63. The van der Waals surface area contributed by atoms with Crippen molar-refractivity contribution in [1.29, 1.82) is 0 Å². The van der Waals surface area contributed by atoms with Gasteiger partial charge >= 0.3 is 0 Å². The lowest BCUT2D eigenvalue weighted by atomic mass is 10.2. The predicted octanol–water partition coefficient (Wildman–Crippen LogP) is 2.35. The molecule has 0 spiro atoms. The van der Waals surface area contributed by atoms with Gasteiger partial charge in [0.15, 0.2) is 0 Å². The molecule has 0 saturated carbocycles. The van der Waals surface area contributed by atoms with Gasteiger partial charge in [0, 0.05) is 12.6 Å². The van der Waals surface area contributed by atoms with Crippen LogP contribution in [0.2, 0.25) is 0 Å². The van der Waals surface area contributed by atoms with Crippen LogP contribution in [-0.2, 0) is 0 Å². The Hall–Kier alpha value is -2.05. The van der Waals surface area contributed by atoms with E-state index in [1.165, 1.54) is 0 Å². The summed E-state index contributed by atoms with van der Waals surface area (Å²) in [6, 6.07) is 10.0. The van der Waals surface area contributed by atoms with E-state index in [1.807, 2.05) is 41.2 Å². The largest absolute Gasteiger partial charge is 0.330 e. The summed E-state index contributed by atoms with van der Waals surface area (Å²) in [6.45, 7) is 0.744. The van der Waals surface area contributed by atoms with Crippen molar-refractivity contribution >= 4 is 0 Å². The molecule has 92 valence electrons. The summed E-state index contributed by atoms with van der Waals surface area (Å²) in [5, 5.41) is 4.30. The molecule has 0 bridgehead atoms. The third-order valence-electron chi connectivity index (χ3n) is 2.59. The maximum atomic E-state index is 5.43. The van der Waals surface area contributed by atoms with Gasteiger partial charge in [-0.25, -0.2) is 4.68 Å². The molecule has 1 heterocycles. The zero-order valence-corrected chi connectivity index (χ0v) is 10.3. The van der Waals surface area contributed by atoms with Gasteiger partial charge in [0.1, 0.15) is 0 Å². The lowest BCUT2D eigenvalue weighted by Crippen LogP contribution is -1.96. The topological polar surface area (TPSA) is 43.8 Å². The second-order valence-corrected chi connectivity index (χ2v) is 4.06. The third-order valence-corrected chi connectivity index (χ3v) is 2.59. The smallest absolute Gasteiger partial charge is 0.0651 e. The molecule has 18 heavy (non-hydrogen) atoms. The van der Waals surface area contributed by atoms with Crippen molar-refractivity contribution in [2.45, 2.75) is 19.3 Å². The average molecular weight is 239 g/mol. The first-order valence-corrected chi connectivity index (χ1v) is 6.19. The highest BCUT2D eigenvalue weighted by Crippen LogP contribution is 2.06. The molecule has 1 aromatic heterocycles. The Morgan fingerprint density at radius 3 is 2.78 bits per heavy atom. The zero-order valence-electron chi connectivity index (χ0n) is 10.3. The molecule has 0 amide bonds. The zero-order chi connectivity index (χ0) is 12.6. The number of nitrogens with zero attached hydrogens (tertiary/aromatic N) is 2. The summed E-state index contributed by atoms with van der Waals surface area (Å²) in [4.78, 5) is 0. The number of unbranched alkanes of at least 4 members (excludes halogenated alkanes) is 2. The number of hydrogen-bond acceptors (Lipinski definition) is 2. The fraction of sp³-hybridized carbons (Fsp3) is 0.267. The summed E-state index contributed by atoms with van der Waals surface area (Å²) in [6.07, 6.45) is 6.75. The van der Waals surface area contributed by atoms with Gasteiger partial charge in [-0.3, -0.25) is 0 Å². The monoisotopic (exact) mass is 239 g/mol. The Morgan fingerprint density at radius 2 is 2.00 bits per heavy atom. The average Bonchev–Trinajstić information content (AvgIpc) is 2.88. The predicted molar refractivity (Wildman–Crippen MR) is 73.3 cm³/mol. The first kappa shape index (κ1) is 12.4. The van der Waals surface area contributed by atoms with Gasteiger partial charge in [0.2, 0.25) is 0 Å². The number of aromatic nitrogens is 2. The first-order valence-electron chi connectivity index (χ1n) is 6.19. The Labute approximate surface area is 108 Å². The van der Waals surface area contributed by atoms with E-state index in [2.05, 4.69) is 16.9 Å². The van der Waals surface area contributed by atoms with Crippen molar-refractivity contribution in [3.63, 3.8) is 0 Å². The van der Waals surface area contributed by atoms with Crippen molar-refractivity contribution in [3.05, 3.63) is 48.3 Å². The Kier molecular flexibility index (Phi) is 4.57. The molecule has 2 aromatic rings. The minimum absolute atomic E-state index is 0.744. The minimum Gasteiger partial charge on any atom is -0.330 e. The quantitative estimate of drug-likeness (QED) is 0.657. The van der Waals surface area contributed by atoms with Crippen LogP contribution in [0.4, 0.5) is 0 Å². The van der Waals surface area contributed by atoms with Gasteiger partial charge in [-0.1, -0.05) is 30.0 Å². The molecule has 1 aromatic carbocycles. The number of nitrogens with two attached hydrogens (primary N) is 1. The molecule has 3 nitrogen and oxygen atoms in total. The number of hydrogen-bond donors (Lipinski definition) is 1. The maximum Gasteiger partial charge on any atom is 0.0651 e. The lowest BCUT2D eigenvalue weighted by Gasteiger charge is -1.98. The van der Waals surface area contributed by atoms with Crippen LogP contribution in [0.15, 0.2) is 42.7 Å². The molecular formula is C15H17N3. The molecule has 0 aliphatic carbocycles. The van der Waals surface area contributed by atoms with Crippen molar-refractivity contribution in [1.82, 2.24) is 9.78 Å². The van der Waals surface area contributed by atoms with Gasteiger partial charge in [-0.2, -0.15) is 5.10 Å². The van der Waals surface area contributed by atoms with Crippen molar-refractivity contribution in [2.75, 3.05) is 6.54 Å². The van der Waals surface area contributed by atoms with E-state index in [9.17, 15) is 0 Å². The van der Waals surface area contributed by atoms with Crippen LogP contribution in [0.3, 0.4) is 0 Å². The van der Waals surface area contributed by atoms with E-state index < -0.39 is 0 Å². The van der Waals surface area contributed by atoms with Crippen molar-refractivity contribution in [3.8, 4) is 17.5 Å². The van der Waals surface area contributed by atoms with Crippen molar-refractivity contribution in [2.24, 2.45) is 5.73 Å². The van der Waals surface area contributed by atoms with Crippen LogP contribution < -0.4 is 5.73 Å². The molecule has 0 saturated heterocycles. The highest BCUT2D eigenvalue weighted by molar-refractivity contribution is 5.35. The molecule has 3 heteroatoms. The third kappa shape index (κ3) is 3.47. The highest BCUT2D eigenvalue weighted by Gasteiger charge is 1.97. The SMILES string of the molecule is NCCCCC#Cc1cnn(-c2ccccc2)c1. The van der Waals surface area contributed by atoms with E-state index >= 15 is 0 Å². The molecule has 2 N–H and O–H groups in total. The van der Waals surface area contributed by atoms with Crippen molar-refractivity contribution < 1.29 is 0 Å². The molecule has 0 aliphatic rings.